The Morgan fingerprint density at radius 3 is 2.83 bits per heavy atom. The molecule has 1 aromatic rings. The van der Waals surface area contributed by atoms with Crippen LogP contribution in [0.2, 0.25) is 0 Å². The highest BCUT2D eigenvalue weighted by Gasteiger charge is 2.03. The van der Waals surface area contributed by atoms with E-state index in [1.54, 1.807) is 18.2 Å². The van der Waals surface area contributed by atoms with Crippen molar-refractivity contribution >= 4 is 33.1 Å². The molecule has 1 aromatic carbocycles. The van der Waals surface area contributed by atoms with Crippen LogP contribution in [0, 0.1) is 0 Å². The first-order valence-electron chi connectivity index (χ1n) is 3.37. The SMILES string of the molecule is C=C(CCl)c1cc(O)ccc1Br. The molecule has 1 N–H and O–H groups in total. The summed E-state index contributed by atoms with van der Waals surface area (Å²) in [5.74, 6) is 0.585. The maximum atomic E-state index is 9.18. The molecular formula is C9H8BrClO. The second-order valence-electron chi connectivity index (χ2n) is 2.40. The molecule has 0 atom stereocenters. The lowest BCUT2D eigenvalue weighted by Crippen LogP contribution is -1.85. The summed E-state index contributed by atoms with van der Waals surface area (Å²) in [5.41, 5.74) is 1.64. The van der Waals surface area contributed by atoms with Crippen LogP contribution in [0.4, 0.5) is 0 Å². The van der Waals surface area contributed by atoms with Crippen LogP contribution in [0.3, 0.4) is 0 Å². The van der Waals surface area contributed by atoms with Gasteiger partial charge in [0.2, 0.25) is 0 Å². The molecule has 0 spiro atoms. The van der Waals surface area contributed by atoms with E-state index in [1.165, 1.54) is 0 Å². The Balaban J connectivity index is 3.13. The van der Waals surface area contributed by atoms with E-state index in [2.05, 4.69) is 22.5 Å². The van der Waals surface area contributed by atoms with Crippen molar-refractivity contribution in [2.24, 2.45) is 0 Å². The van der Waals surface area contributed by atoms with Gasteiger partial charge in [0.1, 0.15) is 5.75 Å². The number of phenols is 1. The minimum Gasteiger partial charge on any atom is -0.508 e. The summed E-state index contributed by atoms with van der Waals surface area (Å²) in [7, 11) is 0. The molecule has 1 rings (SSSR count). The van der Waals surface area contributed by atoms with Crippen molar-refractivity contribution in [3.63, 3.8) is 0 Å². The predicted octanol–water partition coefficient (Wildman–Crippen LogP) is 3.41. The first-order chi connectivity index (χ1) is 5.65. The zero-order valence-electron chi connectivity index (χ0n) is 6.35. The van der Waals surface area contributed by atoms with E-state index in [0.717, 1.165) is 15.6 Å². The Kier molecular flexibility index (Phi) is 3.18. The zero-order chi connectivity index (χ0) is 9.14. The molecule has 64 valence electrons. The standard InChI is InChI=1S/C9H8BrClO/c1-6(5-11)8-4-7(12)2-3-9(8)10/h2-4,12H,1,5H2. The minimum absolute atomic E-state index is 0.222. The van der Waals surface area contributed by atoms with Crippen molar-refractivity contribution in [3.8, 4) is 5.75 Å². The van der Waals surface area contributed by atoms with Gasteiger partial charge in [0.15, 0.2) is 0 Å². The fraction of sp³-hybridized carbons (Fsp3) is 0.111. The first-order valence-corrected chi connectivity index (χ1v) is 4.70. The van der Waals surface area contributed by atoms with Gasteiger partial charge in [-0.25, -0.2) is 0 Å². The molecule has 0 aromatic heterocycles. The highest BCUT2D eigenvalue weighted by molar-refractivity contribution is 9.10. The maximum absolute atomic E-state index is 9.18. The summed E-state index contributed by atoms with van der Waals surface area (Å²) in [5, 5.41) is 9.18. The lowest BCUT2D eigenvalue weighted by Gasteiger charge is -2.04. The molecule has 0 aliphatic heterocycles. The number of alkyl halides is 1. The summed E-state index contributed by atoms with van der Waals surface area (Å²) in [6.07, 6.45) is 0. The Morgan fingerprint density at radius 2 is 2.25 bits per heavy atom. The maximum Gasteiger partial charge on any atom is 0.116 e. The molecule has 0 saturated heterocycles. The molecule has 0 aliphatic rings. The number of halogens is 2. The lowest BCUT2D eigenvalue weighted by atomic mass is 10.1. The van der Waals surface area contributed by atoms with Crippen LogP contribution in [0.1, 0.15) is 5.56 Å². The number of allylic oxidation sites excluding steroid dienone is 1. The van der Waals surface area contributed by atoms with Crippen LogP contribution in [0.5, 0.6) is 5.75 Å². The summed E-state index contributed by atoms with van der Waals surface area (Å²) in [4.78, 5) is 0. The van der Waals surface area contributed by atoms with Gasteiger partial charge in [0.05, 0.1) is 0 Å². The van der Waals surface area contributed by atoms with E-state index in [9.17, 15) is 5.11 Å². The summed E-state index contributed by atoms with van der Waals surface area (Å²) >= 11 is 8.95. The topological polar surface area (TPSA) is 20.2 Å². The van der Waals surface area contributed by atoms with Crippen molar-refractivity contribution in [2.45, 2.75) is 0 Å². The van der Waals surface area contributed by atoms with Crippen molar-refractivity contribution < 1.29 is 5.11 Å². The average Bonchev–Trinajstić information content (AvgIpc) is 2.08. The van der Waals surface area contributed by atoms with Gasteiger partial charge in [-0.05, 0) is 29.3 Å². The number of aromatic hydroxyl groups is 1. The largest absolute Gasteiger partial charge is 0.508 e. The summed E-state index contributed by atoms with van der Waals surface area (Å²) in [6, 6.07) is 5.01. The molecule has 0 amide bonds. The third-order valence-corrected chi connectivity index (χ3v) is 2.51. The van der Waals surface area contributed by atoms with Crippen molar-refractivity contribution in [3.05, 3.63) is 34.8 Å². The molecule has 1 nitrogen and oxygen atoms in total. The molecule has 12 heavy (non-hydrogen) atoms. The Bertz CT molecular complexity index is 309. The minimum atomic E-state index is 0.222. The van der Waals surface area contributed by atoms with Crippen LogP contribution in [-0.4, -0.2) is 11.0 Å². The highest BCUT2D eigenvalue weighted by atomic mass is 79.9. The second-order valence-corrected chi connectivity index (χ2v) is 3.52. The highest BCUT2D eigenvalue weighted by Crippen LogP contribution is 2.27. The smallest absolute Gasteiger partial charge is 0.116 e. The van der Waals surface area contributed by atoms with Crippen LogP contribution in [0.25, 0.3) is 5.57 Å². The molecule has 0 bridgehead atoms. The van der Waals surface area contributed by atoms with Crippen molar-refractivity contribution in [2.75, 3.05) is 5.88 Å². The van der Waals surface area contributed by atoms with E-state index in [4.69, 9.17) is 11.6 Å². The van der Waals surface area contributed by atoms with E-state index < -0.39 is 0 Å². The molecule has 0 fully saturated rings. The Hall–Kier alpha value is -0.470. The van der Waals surface area contributed by atoms with Gasteiger partial charge in [-0.2, -0.15) is 0 Å². The number of hydrogen-bond acceptors (Lipinski definition) is 1. The quantitative estimate of drug-likeness (QED) is 0.794. The molecule has 0 unspecified atom stereocenters. The molecule has 0 heterocycles. The fourth-order valence-corrected chi connectivity index (χ4v) is 1.53. The van der Waals surface area contributed by atoms with Crippen LogP contribution in [-0.2, 0) is 0 Å². The Labute approximate surface area is 84.8 Å². The van der Waals surface area contributed by atoms with Gasteiger partial charge in [0.25, 0.3) is 0 Å². The predicted molar refractivity (Wildman–Crippen MR) is 55.6 cm³/mol. The third-order valence-electron chi connectivity index (χ3n) is 1.49. The first kappa shape index (κ1) is 9.62. The normalized spacial score (nSPS) is 9.83. The molecule has 0 radical (unpaired) electrons. The van der Waals surface area contributed by atoms with Gasteiger partial charge in [0, 0.05) is 10.4 Å². The van der Waals surface area contributed by atoms with Crippen LogP contribution < -0.4 is 0 Å². The van der Waals surface area contributed by atoms with Crippen LogP contribution in [0.15, 0.2) is 29.3 Å². The lowest BCUT2D eigenvalue weighted by molar-refractivity contribution is 0.475. The second kappa shape index (κ2) is 3.97. The molecule has 3 heteroatoms. The van der Waals surface area contributed by atoms with Gasteiger partial charge >= 0.3 is 0 Å². The number of hydrogen-bond donors (Lipinski definition) is 1. The van der Waals surface area contributed by atoms with Gasteiger partial charge in [-0.15, -0.1) is 11.6 Å². The summed E-state index contributed by atoms with van der Waals surface area (Å²) in [6.45, 7) is 3.77. The molecular weight excluding hydrogens is 239 g/mol. The van der Waals surface area contributed by atoms with Gasteiger partial charge in [-0.1, -0.05) is 22.5 Å². The monoisotopic (exact) mass is 246 g/mol. The van der Waals surface area contributed by atoms with E-state index in [1.807, 2.05) is 0 Å². The van der Waals surface area contributed by atoms with Gasteiger partial charge < -0.3 is 5.11 Å². The average molecular weight is 248 g/mol. The van der Waals surface area contributed by atoms with E-state index in [-0.39, 0.29) is 5.75 Å². The zero-order valence-corrected chi connectivity index (χ0v) is 8.69. The van der Waals surface area contributed by atoms with Crippen molar-refractivity contribution in [1.82, 2.24) is 0 Å². The number of phenolic OH excluding ortho intramolecular Hbond substituents is 1. The van der Waals surface area contributed by atoms with Crippen LogP contribution >= 0.6 is 27.5 Å². The summed E-state index contributed by atoms with van der Waals surface area (Å²) < 4.78 is 0.894. The fourth-order valence-electron chi connectivity index (χ4n) is 0.856. The van der Waals surface area contributed by atoms with E-state index >= 15 is 0 Å². The number of rotatable bonds is 2. The van der Waals surface area contributed by atoms with Crippen molar-refractivity contribution in [1.29, 1.82) is 0 Å². The third kappa shape index (κ3) is 2.02. The number of benzene rings is 1. The Morgan fingerprint density at radius 1 is 1.58 bits per heavy atom. The van der Waals surface area contributed by atoms with Gasteiger partial charge in [-0.3, -0.25) is 0 Å². The molecule has 0 aliphatic carbocycles. The van der Waals surface area contributed by atoms with E-state index in [0.29, 0.717) is 5.88 Å². The molecule has 0 saturated carbocycles.